The van der Waals surface area contributed by atoms with Crippen molar-refractivity contribution in [2.75, 3.05) is 37.0 Å². The van der Waals surface area contributed by atoms with E-state index in [9.17, 15) is 5.11 Å². The number of nitrogens with one attached hydrogen (secondary N) is 1. The maximum absolute atomic E-state index is 9.76. The van der Waals surface area contributed by atoms with E-state index in [1.807, 2.05) is 6.92 Å². The summed E-state index contributed by atoms with van der Waals surface area (Å²) < 4.78 is 0. The van der Waals surface area contributed by atoms with Gasteiger partial charge in [0.2, 0.25) is 0 Å². The lowest BCUT2D eigenvalue weighted by Gasteiger charge is -2.27. The van der Waals surface area contributed by atoms with Crippen LogP contribution < -0.4 is 16.0 Å². The van der Waals surface area contributed by atoms with Crippen LogP contribution in [0.1, 0.15) is 52.2 Å². The van der Waals surface area contributed by atoms with E-state index >= 15 is 0 Å². The summed E-state index contributed by atoms with van der Waals surface area (Å²) in [6, 6.07) is 13.4. The van der Waals surface area contributed by atoms with Gasteiger partial charge in [-0.05, 0) is 85.6 Å². The second kappa shape index (κ2) is 10.8. The molecule has 1 atom stereocenters. The minimum atomic E-state index is -0.204. The highest BCUT2D eigenvalue weighted by Crippen LogP contribution is 2.37. The Morgan fingerprint density at radius 2 is 1.87 bits per heavy atom. The van der Waals surface area contributed by atoms with Crippen molar-refractivity contribution in [2.24, 2.45) is 11.1 Å². The van der Waals surface area contributed by atoms with Gasteiger partial charge >= 0.3 is 0 Å². The monoisotopic (exact) mass is 423 g/mol. The Balaban J connectivity index is 2.57. The van der Waals surface area contributed by atoms with Crippen molar-refractivity contribution in [1.29, 1.82) is 0 Å². The van der Waals surface area contributed by atoms with E-state index in [0.29, 0.717) is 0 Å². The maximum Gasteiger partial charge on any atom is 0.0485 e. The summed E-state index contributed by atoms with van der Waals surface area (Å²) >= 11 is 0. The van der Waals surface area contributed by atoms with E-state index in [2.05, 4.69) is 87.9 Å². The lowest BCUT2D eigenvalue weighted by Crippen LogP contribution is -2.20. The predicted octanol–water partition coefficient (Wildman–Crippen LogP) is 5.55. The fraction of sp³-hybridized carbons (Fsp3) is 0.481. The fourth-order valence-electron chi connectivity index (χ4n) is 3.89. The summed E-state index contributed by atoms with van der Waals surface area (Å²) in [5.74, 6) is 0. The van der Waals surface area contributed by atoms with E-state index in [0.717, 1.165) is 48.3 Å². The number of hydrogen-bond acceptors (Lipinski definition) is 4. The molecule has 0 amide bonds. The van der Waals surface area contributed by atoms with Crippen LogP contribution in [0.2, 0.25) is 0 Å². The zero-order chi connectivity index (χ0) is 23.2. The Bertz CT molecular complexity index is 886. The van der Waals surface area contributed by atoms with Crippen LogP contribution in [0.4, 0.5) is 11.4 Å². The summed E-state index contributed by atoms with van der Waals surface area (Å²) in [6.07, 6.45) is 1.58. The first-order valence-corrected chi connectivity index (χ1v) is 11.4. The van der Waals surface area contributed by atoms with Crippen LogP contribution in [0.5, 0.6) is 0 Å². The van der Waals surface area contributed by atoms with Crippen LogP contribution in [0.15, 0.2) is 43.0 Å². The van der Waals surface area contributed by atoms with Gasteiger partial charge in [-0.3, -0.25) is 0 Å². The molecule has 0 spiro atoms. The van der Waals surface area contributed by atoms with Gasteiger partial charge in [-0.1, -0.05) is 32.6 Å². The van der Waals surface area contributed by atoms with Gasteiger partial charge in [0.05, 0.1) is 0 Å². The van der Waals surface area contributed by atoms with E-state index in [-0.39, 0.29) is 18.1 Å². The first kappa shape index (κ1) is 25.0. The summed E-state index contributed by atoms with van der Waals surface area (Å²) in [7, 11) is 2.11. The molecular formula is C27H41N3O. The fourth-order valence-corrected chi connectivity index (χ4v) is 3.89. The molecule has 0 radical (unpaired) electrons. The predicted molar refractivity (Wildman–Crippen MR) is 137 cm³/mol. The first-order valence-electron chi connectivity index (χ1n) is 11.4. The molecular weight excluding hydrogens is 382 g/mol. The van der Waals surface area contributed by atoms with E-state index in [4.69, 9.17) is 5.73 Å². The number of nitrogens with two attached hydrogens (primary N) is 1. The van der Waals surface area contributed by atoms with E-state index in [1.165, 1.54) is 16.8 Å². The molecule has 2 aromatic rings. The molecule has 4 heteroatoms. The molecule has 1 unspecified atom stereocenters. The van der Waals surface area contributed by atoms with Crippen molar-refractivity contribution in [3.8, 4) is 11.1 Å². The number of benzene rings is 2. The molecule has 4 nitrogen and oxygen atoms in total. The summed E-state index contributed by atoms with van der Waals surface area (Å²) in [4.78, 5) is 2.24. The lowest BCUT2D eigenvalue weighted by atomic mass is 9.83. The van der Waals surface area contributed by atoms with Gasteiger partial charge in [0.1, 0.15) is 0 Å². The summed E-state index contributed by atoms with van der Waals surface area (Å²) in [6.45, 7) is 16.8. The zero-order valence-electron chi connectivity index (χ0n) is 20.3. The molecule has 0 bridgehead atoms. The molecule has 31 heavy (non-hydrogen) atoms. The van der Waals surface area contributed by atoms with Crippen LogP contribution >= 0.6 is 0 Å². The Morgan fingerprint density at radius 3 is 2.45 bits per heavy atom. The van der Waals surface area contributed by atoms with Gasteiger partial charge in [-0.15, -0.1) is 0 Å². The molecule has 0 aromatic heterocycles. The largest absolute Gasteiger partial charge is 0.396 e. The second-order valence-electron chi connectivity index (χ2n) is 9.48. The highest BCUT2D eigenvalue weighted by atomic mass is 16.3. The number of aliphatic hydroxyl groups is 1. The third kappa shape index (κ3) is 6.84. The molecule has 0 fully saturated rings. The SMILES string of the molecule is C=C(CC(C)(C)CO)c1cc(-c2cc(CC(C)N)cc(NCC)c2)ccc1N(C)CC. The maximum atomic E-state index is 9.76. The Labute approximate surface area is 189 Å². The third-order valence-corrected chi connectivity index (χ3v) is 5.65. The van der Waals surface area contributed by atoms with Gasteiger partial charge in [-0.25, -0.2) is 0 Å². The molecule has 2 aromatic carbocycles. The van der Waals surface area contributed by atoms with Crippen molar-refractivity contribution in [1.82, 2.24) is 0 Å². The Kier molecular flexibility index (Phi) is 8.72. The normalized spacial score (nSPS) is 12.5. The number of allylic oxidation sites excluding steroid dienone is 1. The number of rotatable bonds is 11. The number of anilines is 2. The standard InChI is InChI=1S/C27H41N3O/c1-8-29-24-14-21(12-20(4)28)13-23(15-24)22-10-11-26(30(7)9-2)25(16-22)19(3)17-27(5,6)18-31/h10-11,13-16,20,29,31H,3,8-9,12,17-18,28H2,1-2,4-7H3. The third-order valence-electron chi connectivity index (χ3n) is 5.65. The van der Waals surface area contributed by atoms with Gasteiger partial charge in [-0.2, -0.15) is 0 Å². The van der Waals surface area contributed by atoms with Crippen molar-refractivity contribution < 1.29 is 5.11 Å². The topological polar surface area (TPSA) is 61.5 Å². The highest BCUT2D eigenvalue weighted by molar-refractivity contribution is 5.82. The Hall–Kier alpha value is -2.30. The van der Waals surface area contributed by atoms with E-state index < -0.39 is 0 Å². The van der Waals surface area contributed by atoms with Gasteiger partial charge in [0.25, 0.3) is 0 Å². The number of nitrogens with zero attached hydrogens (tertiary/aromatic N) is 1. The molecule has 2 rings (SSSR count). The van der Waals surface area contributed by atoms with Gasteiger partial charge in [0, 0.05) is 49.7 Å². The van der Waals surface area contributed by atoms with Crippen LogP contribution in [0.3, 0.4) is 0 Å². The number of aliphatic hydroxyl groups excluding tert-OH is 1. The molecule has 0 aliphatic heterocycles. The van der Waals surface area contributed by atoms with Crippen molar-refractivity contribution in [2.45, 2.75) is 53.5 Å². The van der Waals surface area contributed by atoms with Crippen molar-refractivity contribution >= 4 is 16.9 Å². The average molecular weight is 424 g/mol. The lowest BCUT2D eigenvalue weighted by molar-refractivity contribution is 0.164. The highest BCUT2D eigenvalue weighted by Gasteiger charge is 2.21. The van der Waals surface area contributed by atoms with Crippen molar-refractivity contribution in [3.05, 3.63) is 54.1 Å². The van der Waals surface area contributed by atoms with Gasteiger partial charge < -0.3 is 21.1 Å². The molecule has 0 aliphatic rings. The minimum Gasteiger partial charge on any atom is -0.396 e. The van der Waals surface area contributed by atoms with Crippen LogP contribution in [-0.4, -0.2) is 37.9 Å². The minimum absolute atomic E-state index is 0.112. The molecule has 0 saturated heterocycles. The van der Waals surface area contributed by atoms with Crippen molar-refractivity contribution in [3.63, 3.8) is 0 Å². The zero-order valence-corrected chi connectivity index (χ0v) is 20.3. The molecule has 4 N–H and O–H groups in total. The summed E-state index contributed by atoms with van der Waals surface area (Å²) in [5.41, 5.74) is 13.9. The molecule has 170 valence electrons. The first-order chi connectivity index (χ1) is 14.6. The van der Waals surface area contributed by atoms with E-state index in [1.54, 1.807) is 0 Å². The van der Waals surface area contributed by atoms with Crippen LogP contribution in [-0.2, 0) is 6.42 Å². The average Bonchev–Trinajstić information content (AvgIpc) is 2.72. The quantitative estimate of drug-likeness (QED) is 0.443. The van der Waals surface area contributed by atoms with Crippen LogP contribution in [0.25, 0.3) is 16.7 Å². The summed E-state index contributed by atoms with van der Waals surface area (Å²) in [5, 5.41) is 13.2. The Morgan fingerprint density at radius 1 is 1.16 bits per heavy atom. The smallest absolute Gasteiger partial charge is 0.0485 e. The molecule has 0 aliphatic carbocycles. The molecule has 0 saturated carbocycles. The molecule has 0 heterocycles. The second-order valence-corrected chi connectivity index (χ2v) is 9.48. The number of hydrogen-bond donors (Lipinski definition) is 3. The van der Waals surface area contributed by atoms with Crippen LogP contribution in [0, 0.1) is 5.41 Å². The van der Waals surface area contributed by atoms with Gasteiger partial charge in [0.15, 0.2) is 0 Å².